The average Bonchev–Trinajstić information content (AvgIpc) is 2.66. The van der Waals surface area contributed by atoms with Crippen LogP contribution in [0.5, 0.6) is 0 Å². The van der Waals surface area contributed by atoms with Crippen LogP contribution in [0, 0.1) is 11.8 Å². The number of anilines is 1. The van der Waals surface area contributed by atoms with Gasteiger partial charge < -0.3 is 10.4 Å². The zero-order valence-electron chi connectivity index (χ0n) is 10.8. The number of carbonyl (C=O) groups is 2. The second-order valence-electron chi connectivity index (χ2n) is 5.66. The highest BCUT2D eigenvalue weighted by Crippen LogP contribution is 2.45. The molecule has 100 valence electrons. The molecule has 2 N–H and O–H groups in total. The summed E-state index contributed by atoms with van der Waals surface area (Å²) >= 11 is 0. The van der Waals surface area contributed by atoms with Crippen LogP contribution in [0.3, 0.4) is 0 Å². The summed E-state index contributed by atoms with van der Waals surface area (Å²) in [5.74, 6) is -0.749. The van der Waals surface area contributed by atoms with E-state index in [-0.39, 0.29) is 5.78 Å². The van der Waals surface area contributed by atoms with E-state index in [2.05, 4.69) is 12.2 Å². The summed E-state index contributed by atoms with van der Waals surface area (Å²) in [6, 6.07) is 7.05. The summed E-state index contributed by atoms with van der Waals surface area (Å²) in [6.45, 7) is 2.06. The molecule has 0 aromatic heterocycles. The van der Waals surface area contributed by atoms with Gasteiger partial charge in [0.05, 0.1) is 5.92 Å². The van der Waals surface area contributed by atoms with E-state index in [1.807, 2.05) is 0 Å². The van der Waals surface area contributed by atoms with Crippen LogP contribution < -0.4 is 5.32 Å². The van der Waals surface area contributed by atoms with Crippen molar-refractivity contribution in [2.24, 2.45) is 11.8 Å². The molecule has 0 unspecified atom stereocenters. The van der Waals surface area contributed by atoms with Crippen molar-refractivity contribution in [2.45, 2.75) is 31.8 Å². The maximum absolute atomic E-state index is 12.2. The molecule has 1 heterocycles. The maximum atomic E-state index is 12.2. The van der Waals surface area contributed by atoms with E-state index in [0.29, 0.717) is 30.0 Å². The van der Waals surface area contributed by atoms with E-state index in [1.165, 1.54) is 0 Å². The number of nitrogens with one attached hydrogen (secondary N) is 1. The lowest BCUT2D eigenvalue weighted by molar-refractivity contribution is -0.151. The summed E-state index contributed by atoms with van der Waals surface area (Å²) in [5, 5.41) is 13.6. The lowest BCUT2D eigenvalue weighted by Crippen LogP contribution is -2.47. The molecular weight excluding hydrogens is 242 g/mol. The number of rotatable bonds is 1. The highest BCUT2D eigenvalue weighted by molar-refractivity contribution is 6.08. The zero-order valence-corrected chi connectivity index (χ0v) is 10.8. The Balaban J connectivity index is 2.07. The summed E-state index contributed by atoms with van der Waals surface area (Å²) in [4.78, 5) is 24.3. The number of carbonyl (C=O) groups excluding carboxylic acids is 2. The third-order valence-electron chi connectivity index (χ3n) is 4.35. The Morgan fingerprint density at radius 2 is 2.05 bits per heavy atom. The van der Waals surface area contributed by atoms with Gasteiger partial charge in [-0.05, 0) is 24.8 Å². The van der Waals surface area contributed by atoms with Crippen molar-refractivity contribution in [3.63, 3.8) is 0 Å². The number of para-hydroxylation sites is 1. The average molecular weight is 259 g/mol. The van der Waals surface area contributed by atoms with E-state index in [4.69, 9.17) is 0 Å². The van der Waals surface area contributed by atoms with Gasteiger partial charge in [-0.1, -0.05) is 25.1 Å². The van der Waals surface area contributed by atoms with Crippen LogP contribution in [-0.2, 0) is 15.2 Å². The largest absolute Gasteiger partial charge is 0.375 e. The number of hydrogen-bond donors (Lipinski definition) is 2. The molecule has 1 amide bonds. The van der Waals surface area contributed by atoms with Crippen LogP contribution in [0.1, 0.15) is 31.7 Å². The van der Waals surface area contributed by atoms with Gasteiger partial charge in [0.2, 0.25) is 0 Å². The predicted octanol–water partition coefficient (Wildman–Crippen LogP) is 1.83. The number of ketones is 1. The standard InChI is InChI=1S/C15H17NO3/c1-9-6-7-13(17)11(8-9)15(19)10-4-2-3-5-12(10)16-14(15)18/h2-5,9,11,19H,6-8H2,1H3,(H,16,18)/t9-,11+,15-/m1/s1. The van der Waals surface area contributed by atoms with E-state index in [9.17, 15) is 14.7 Å². The minimum Gasteiger partial charge on any atom is -0.375 e. The first kappa shape index (κ1) is 12.4. The van der Waals surface area contributed by atoms with Crippen molar-refractivity contribution in [2.75, 3.05) is 5.32 Å². The number of hydrogen-bond acceptors (Lipinski definition) is 3. The Labute approximate surface area is 111 Å². The lowest BCUT2D eigenvalue weighted by atomic mass is 9.70. The number of aliphatic hydroxyl groups is 1. The molecule has 3 atom stereocenters. The molecular formula is C15H17NO3. The quantitative estimate of drug-likeness (QED) is 0.808. The van der Waals surface area contributed by atoms with Crippen LogP contribution in [0.15, 0.2) is 24.3 Å². The van der Waals surface area contributed by atoms with Crippen molar-refractivity contribution in [3.8, 4) is 0 Å². The molecule has 19 heavy (non-hydrogen) atoms. The minimum atomic E-state index is -1.69. The summed E-state index contributed by atoms with van der Waals surface area (Å²) < 4.78 is 0. The van der Waals surface area contributed by atoms with E-state index >= 15 is 0 Å². The number of Topliss-reactive ketones (excluding diaryl/α,β-unsaturated/α-hetero) is 1. The molecule has 1 aliphatic heterocycles. The molecule has 1 fully saturated rings. The Morgan fingerprint density at radius 3 is 2.84 bits per heavy atom. The van der Waals surface area contributed by atoms with Crippen molar-refractivity contribution in [1.29, 1.82) is 0 Å². The molecule has 1 aliphatic carbocycles. The fourth-order valence-electron chi connectivity index (χ4n) is 3.23. The fraction of sp³-hybridized carbons (Fsp3) is 0.467. The SMILES string of the molecule is C[C@@H]1CCC(=O)[C@@H]([C@@]2(O)C(=O)Nc3ccccc32)C1. The van der Waals surface area contributed by atoms with E-state index in [1.54, 1.807) is 24.3 Å². The summed E-state index contributed by atoms with van der Waals surface area (Å²) in [7, 11) is 0. The second kappa shape index (κ2) is 4.17. The van der Waals surface area contributed by atoms with Crippen molar-refractivity contribution in [1.82, 2.24) is 0 Å². The Hall–Kier alpha value is -1.68. The van der Waals surface area contributed by atoms with Crippen molar-refractivity contribution < 1.29 is 14.7 Å². The summed E-state index contributed by atoms with van der Waals surface area (Å²) in [5.41, 5.74) is -0.545. The minimum absolute atomic E-state index is 0.00699. The highest BCUT2D eigenvalue weighted by atomic mass is 16.3. The van der Waals surface area contributed by atoms with Crippen molar-refractivity contribution in [3.05, 3.63) is 29.8 Å². The molecule has 0 spiro atoms. The first-order valence-electron chi connectivity index (χ1n) is 6.69. The number of benzene rings is 1. The topological polar surface area (TPSA) is 66.4 Å². The fourth-order valence-corrected chi connectivity index (χ4v) is 3.23. The lowest BCUT2D eigenvalue weighted by Gasteiger charge is -2.35. The van der Waals surface area contributed by atoms with Gasteiger partial charge in [0.1, 0.15) is 5.78 Å². The van der Waals surface area contributed by atoms with Gasteiger partial charge in [0.25, 0.3) is 5.91 Å². The molecule has 0 radical (unpaired) electrons. The Morgan fingerprint density at radius 1 is 1.32 bits per heavy atom. The van der Waals surface area contributed by atoms with Crippen LogP contribution in [-0.4, -0.2) is 16.8 Å². The molecule has 2 aliphatic rings. The number of amides is 1. The second-order valence-corrected chi connectivity index (χ2v) is 5.66. The zero-order chi connectivity index (χ0) is 13.6. The smallest absolute Gasteiger partial charge is 0.261 e. The highest BCUT2D eigenvalue weighted by Gasteiger charge is 2.54. The third kappa shape index (κ3) is 1.70. The van der Waals surface area contributed by atoms with Crippen LogP contribution >= 0.6 is 0 Å². The first-order chi connectivity index (χ1) is 9.03. The van der Waals surface area contributed by atoms with E-state index in [0.717, 1.165) is 6.42 Å². The van der Waals surface area contributed by atoms with Gasteiger partial charge in [0, 0.05) is 17.7 Å². The third-order valence-corrected chi connectivity index (χ3v) is 4.35. The van der Waals surface area contributed by atoms with Crippen molar-refractivity contribution >= 4 is 17.4 Å². The molecule has 4 nitrogen and oxygen atoms in total. The molecule has 0 bridgehead atoms. The van der Waals surface area contributed by atoms with Gasteiger partial charge in [-0.15, -0.1) is 0 Å². The Bertz CT molecular complexity index is 554. The van der Waals surface area contributed by atoms with Gasteiger partial charge in [0.15, 0.2) is 5.60 Å². The summed E-state index contributed by atoms with van der Waals surface area (Å²) in [6.07, 6.45) is 1.86. The van der Waals surface area contributed by atoms with Crippen LogP contribution in [0.2, 0.25) is 0 Å². The predicted molar refractivity (Wildman–Crippen MR) is 70.5 cm³/mol. The molecule has 1 saturated carbocycles. The van der Waals surface area contributed by atoms with Gasteiger partial charge in [-0.2, -0.15) is 0 Å². The monoisotopic (exact) mass is 259 g/mol. The van der Waals surface area contributed by atoms with Gasteiger partial charge in [-0.25, -0.2) is 0 Å². The normalized spacial score (nSPS) is 34.0. The molecule has 1 aromatic carbocycles. The molecule has 3 rings (SSSR count). The number of fused-ring (bicyclic) bond motifs is 1. The van der Waals surface area contributed by atoms with Gasteiger partial charge >= 0.3 is 0 Å². The van der Waals surface area contributed by atoms with Crippen LogP contribution in [0.25, 0.3) is 0 Å². The first-order valence-corrected chi connectivity index (χ1v) is 6.69. The van der Waals surface area contributed by atoms with E-state index < -0.39 is 17.4 Å². The van der Waals surface area contributed by atoms with Gasteiger partial charge in [-0.3, -0.25) is 9.59 Å². The van der Waals surface area contributed by atoms with Crippen LogP contribution in [0.4, 0.5) is 5.69 Å². The maximum Gasteiger partial charge on any atom is 0.261 e. The molecule has 0 saturated heterocycles. The molecule has 1 aromatic rings. The Kier molecular flexibility index (Phi) is 2.71. The molecule has 4 heteroatoms.